The summed E-state index contributed by atoms with van der Waals surface area (Å²) in [6.45, 7) is 0. The van der Waals surface area contributed by atoms with Crippen LogP contribution in [0.4, 0.5) is 5.69 Å². The third-order valence-electron chi connectivity index (χ3n) is 1.96. The van der Waals surface area contributed by atoms with Crippen molar-refractivity contribution in [3.8, 4) is 0 Å². The number of anilines is 1. The van der Waals surface area contributed by atoms with Crippen molar-refractivity contribution in [3.05, 3.63) is 60.4 Å². The minimum Gasteiger partial charge on any atom is -0.322 e. The van der Waals surface area contributed by atoms with Crippen LogP contribution < -0.4 is 5.32 Å². The van der Waals surface area contributed by atoms with Crippen LogP contribution in [0, 0.1) is 0 Å². The van der Waals surface area contributed by atoms with E-state index in [0.717, 1.165) is 5.69 Å². The third kappa shape index (κ3) is 9.52. The molecule has 0 aliphatic rings. The molecule has 0 saturated heterocycles. The fraction of sp³-hybridized carbons (Fsp3) is 0. The van der Waals surface area contributed by atoms with E-state index in [2.05, 4.69) is 10.3 Å². The van der Waals surface area contributed by atoms with E-state index in [1.54, 1.807) is 18.3 Å². The Morgan fingerprint density at radius 1 is 1.05 bits per heavy atom. The van der Waals surface area contributed by atoms with Gasteiger partial charge in [-0.1, -0.05) is 18.2 Å². The number of halogens is 1. The predicted molar refractivity (Wildman–Crippen MR) is 80.1 cm³/mol. The molecule has 0 fully saturated rings. The average Bonchev–Trinajstić information content (AvgIpc) is 2.39. The van der Waals surface area contributed by atoms with Gasteiger partial charge in [0.05, 0.1) is 5.56 Å². The lowest BCUT2D eigenvalue weighted by molar-refractivity contribution is 0.102. The van der Waals surface area contributed by atoms with Gasteiger partial charge in [-0.3, -0.25) is 18.9 Å². The van der Waals surface area contributed by atoms with E-state index in [-0.39, 0.29) is 18.3 Å². The van der Waals surface area contributed by atoms with Gasteiger partial charge in [-0.25, -0.2) is 0 Å². The van der Waals surface area contributed by atoms with E-state index in [4.69, 9.17) is 17.5 Å². The predicted octanol–water partition coefficient (Wildman–Crippen LogP) is 2.10. The standard InChI is InChI=1S/C12H10N2O.ClH.H2O4S/c15-12(10-5-4-8-13-9-10)14-11-6-2-1-3-7-11;;1-5(2,3)4/h1-9H,(H,14,15);1H;(H2,1,2,3,4). The lowest BCUT2D eigenvalue weighted by Crippen LogP contribution is -2.11. The zero-order valence-electron chi connectivity index (χ0n) is 10.6. The molecule has 7 nitrogen and oxygen atoms in total. The smallest absolute Gasteiger partial charge is 0.322 e. The van der Waals surface area contributed by atoms with Crippen LogP contribution in [-0.2, 0) is 10.4 Å². The molecule has 0 aliphatic heterocycles. The van der Waals surface area contributed by atoms with Crippen molar-refractivity contribution >= 4 is 34.4 Å². The summed E-state index contributed by atoms with van der Waals surface area (Å²) in [4.78, 5) is 15.5. The molecule has 2 rings (SSSR count). The first kappa shape index (κ1) is 19.0. The van der Waals surface area contributed by atoms with Crippen LogP contribution in [0.25, 0.3) is 0 Å². The van der Waals surface area contributed by atoms with Gasteiger partial charge in [-0.15, -0.1) is 12.4 Å². The topological polar surface area (TPSA) is 117 Å². The van der Waals surface area contributed by atoms with E-state index in [0.29, 0.717) is 5.56 Å². The van der Waals surface area contributed by atoms with Crippen LogP contribution in [0.1, 0.15) is 10.4 Å². The summed E-state index contributed by atoms with van der Waals surface area (Å²) < 4.78 is 31.6. The van der Waals surface area contributed by atoms with Crippen LogP contribution >= 0.6 is 12.4 Å². The molecule has 0 bridgehead atoms. The van der Waals surface area contributed by atoms with Crippen LogP contribution in [0.3, 0.4) is 0 Å². The highest BCUT2D eigenvalue weighted by molar-refractivity contribution is 7.79. The molecule has 1 aromatic carbocycles. The van der Waals surface area contributed by atoms with Crippen molar-refractivity contribution in [2.45, 2.75) is 0 Å². The van der Waals surface area contributed by atoms with E-state index in [9.17, 15) is 4.79 Å². The Balaban J connectivity index is 0.000000583. The Morgan fingerprint density at radius 3 is 2.10 bits per heavy atom. The Hall–Kier alpha value is -2.00. The number of carbonyl (C=O) groups is 1. The molecular weight excluding hydrogens is 320 g/mol. The highest BCUT2D eigenvalue weighted by Crippen LogP contribution is 2.07. The summed E-state index contributed by atoms with van der Waals surface area (Å²) in [5, 5.41) is 2.78. The summed E-state index contributed by atoms with van der Waals surface area (Å²) in [5.41, 5.74) is 1.34. The Kier molecular flexibility index (Phi) is 8.17. The van der Waals surface area contributed by atoms with Crippen molar-refractivity contribution in [2.24, 2.45) is 0 Å². The second-order valence-electron chi connectivity index (χ2n) is 3.51. The largest absolute Gasteiger partial charge is 0.394 e. The molecule has 0 radical (unpaired) electrons. The highest BCUT2D eigenvalue weighted by Gasteiger charge is 2.04. The molecule has 0 spiro atoms. The first-order valence-corrected chi connectivity index (χ1v) is 6.72. The van der Waals surface area contributed by atoms with Gasteiger partial charge in [-0.05, 0) is 24.3 Å². The molecule has 114 valence electrons. The van der Waals surface area contributed by atoms with Gasteiger partial charge in [0.2, 0.25) is 0 Å². The average molecular weight is 333 g/mol. The number of nitrogens with zero attached hydrogens (tertiary/aromatic N) is 1. The first-order valence-electron chi connectivity index (χ1n) is 5.32. The maximum atomic E-state index is 11.7. The number of carbonyl (C=O) groups excluding carboxylic acids is 1. The molecular formula is C12H13ClN2O5S. The zero-order chi connectivity index (χ0) is 15.0. The van der Waals surface area contributed by atoms with Gasteiger partial charge in [-0.2, -0.15) is 8.42 Å². The maximum Gasteiger partial charge on any atom is 0.394 e. The normalized spacial score (nSPS) is 9.62. The quantitative estimate of drug-likeness (QED) is 0.725. The molecule has 0 atom stereocenters. The van der Waals surface area contributed by atoms with Crippen molar-refractivity contribution in [3.63, 3.8) is 0 Å². The third-order valence-corrected chi connectivity index (χ3v) is 1.96. The Bertz CT molecular complexity index is 642. The molecule has 0 aliphatic carbocycles. The van der Waals surface area contributed by atoms with E-state index >= 15 is 0 Å². The second-order valence-corrected chi connectivity index (χ2v) is 4.41. The van der Waals surface area contributed by atoms with Gasteiger partial charge in [0.25, 0.3) is 5.91 Å². The molecule has 0 saturated carbocycles. The van der Waals surface area contributed by atoms with Crippen LogP contribution in [0.2, 0.25) is 0 Å². The first-order chi connectivity index (χ1) is 9.36. The van der Waals surface area contributed by atoms with Crippen molar-refractivity contribution < 1.29 is 22.3 Å². The SMILES string of the molecule is Cl.O=C(Nc1ccccc1)c1cccnc1.O=S(=O)(O)O. The summed E-state index contributed by atoms with van der Waals surface area (Å²) in [5.74, 6) is -0.144. The summed E-state index contributed by atoms with van der Waals surface area (Å²) >= 11 is 0. The molecule has 2 aromatic rings. The van der Waals surface area contributed by atoms with E-state index in [1.807, 2.05) is 30.3 Å². The van der Waals surface area contributed by atoms with Crippen molar-refractivity contribution in [1.29, 1.82) is 0 Å². The number of aromatic nitrogens is 1. The lowest BCUT2D eigenvalue weighted by atomic mass is 10.2. The molecule has 9 heteroatoms. The minimum atomic E-state index is -4.67. The number of pyridine rings is 1. The fourth-order valence-corrected chi connectivity index (χ4v) is 1.22. The number of para-hydroxylation sites is 1. The zero-order valence-corrected chi connectivity index (χ0v) is 12.2. The molecule has 1 heterocycles. The lowest BCUT2D eigenvalue weighted by Gasteiger charge is -2.03. The summed E-state index contributed by atoms with van der Waals surface area (Å²) in [6, 6.07) is 12.8. The highest BCUT2D eigenvalue weighted by atomic mass is 35.5. The number of nitrogens with one attached hydrogen (secondary N) is 1. The van der Waals surface area contributed by atoms with Gasteiger partial charge in [0.15, 0.2) is 0 Å². The van der Waals surface area contributed by atoms with Crippen LogP contribution in [-0.4, -0.2) is 28.4 Å². The van der Waals surface area contributed by atoms with Gasteiger partial charge in [0.1, 0.15) is 0 Å². The van der Waals surface area contributed by atoms with Crippen molar-refractivity contribution in [2.75, 3.05) is 5.32 Å². The van der Waals surface area contributed by atoms with Gasteiger partial charge < -0.3 is 5.32 Å². The number of hydrogen-bond donors (Lipinski definition) is 3. The molecule has 0 unspecified atom stereocenters. The molecule has 21 heavy (non-hydrogen) atoms. The molecule has 3 N–H and O–H groups in total. The van der Waals surface area contributed by atoms with E-state index in [1.165, 1.54) is 6.20 Å². The Labute approximate surface area is 128 Å². The number of rotatable bonds is 2. The molecule has 1 aromatic heterocycles. The van der Waals surface area contributed by atoms with Crippen LogP contribution in [0.15, 0.2) is 54.9 Å². The van der Waals surface area contributed by atoms with E-state index < -0.39 is 10.4 Å². The number of hydrogen-bond acceptors (Lipinski definition) is 4. The monoisotopic (exact) mass is 332 g/mol. The van der Waals surface area contributed by atoms with Crippen LogP contribution in [0.5, 0.6) is 0 Å². The van der Waals surface area contributed by atoms with Crippen molar-refractivity contribution in [1.82, 2.24) is 4.98 Å². The number of benzene rings is 1. The van der Waals surface area contributed by atoms with Gasteiger partial charge >= 0.3 is 10.4 Å². The van der Waals surface area contributed by atoms with Gasteiger partial charge in [0, 0.05) is 18.1 Å². The second kappa shape index (κ2) is 9.03. The maximum absolute atomic E-state index is 11.7. The minimum absolute atomic E-state index is 0. The summed E-state index contributed by atoms with van der Waals surface area (Å²) in [7, 11) is -4.67. The summed E-state index contributed by atoms with van der Waals surface area (Å²) in [6.07, 6.45) is 3.18. The fourth-order valence-electron chi connectivity index (χ4n) is 1.22. The number of amides is 1. The Morgan fingerprint density at radius 2 is 1.62 bits per heavy atom. The molecule has 1 amide bonds.